The molecule has 0 radical (unpaired) electrons. The summed E-state index contributed by atoms with van der Waals surface area (Å²) >= 11 is -1.96. The van der Waals surface area contributed by atoms with E-state index in [0.717, 1.165) is 0 Å². The average Bonchev–Trinajstić information content (AvgIpc) is 3.31. The predicted octanol–water partition coefficient (Wildman–Crippen LogP) is 8.90. The number of fused-ring (bicyclic) bond motifs is 6. The van der Waals surface area contributed by atoms with E-state index in [9.17, 15) is 0 Å². The van der Waals surface area contributed by atoms with Crippen LogP contribution in [0.25, 0.3) is 33.7 Å². The van der Waals surface area contributed by atoms with Gasteiger partial charge in [-0.1, -0.05) is 0 Å². The fraction of sp³-hybridized carbons (Fsp3) is 0.200. The topological polar surface area (TPSA) is 0 Å². The van der Waals surface area contributed by atoms with E-state index in [2.05, 4.69) is 112 Å². The van der Waals surface area contributed by atoms with Crippen molar-refractivity contribution in [3.63, 3.8) is 0 Å². The molecule has 2 aliphatic rings. The third-order valence-electron chi connectivity index (χ3n) is 7.48. The van der Waals surface area contributed by atoms with Crippen LogP contribution in [0, 0.1) is 0 Å². The largest absolute Gasteiger partial charge is 0.147 e. The molecule has 0 saturated heterocycles. The molecule has 3 heteroatoms. The van der Waals surface area contributed by atoms with Crippen LogP contribution in [0.3, 0.4) is 0 Å². The van der Waals surface area contributed by atoms with Crippen molar-refractivity contribution in [2.45, 2.75) is 34.2 Å². The first-order valence-corrected chi connectivity index (χ1v) is 20.6. The predicted molar refractivity (Wildman–Crippen MR) is 145 cm³/mol. The molecule has 0 amide bonds. The van der Waals surface area contributed by atoms with E-state index >= 15 is 0 Å². The second-order valence-corrected chi connectivity index (χ2v) is 27.5. The van der Waals surface area contributed by atoms with Gasteiger partial charge in [0, 0.05) is 0 Å². The molecule has 2 atom stereocenters. The standard InChI is InChI=1S/2C14H11.C2H6Si.ClH.Zr/c2*1-10-8-12-7-6-11-4-2-3-5-13(11)14(12)9-10;1-3-2;;/h2*2-9H,1H3;1-2H3;1H;. The van der Waals surface area contributed by atoms with Gasteiger partial charge in [-0.2, -0.15) is 0 Å². The Morgan fingerprint density at radius 2 is 1.03 bits per heavy atom. The Bertz CT molecular complexity index is 1410. The van der Waals surface area contributed by atoms with Crippen LogP contribution in [-0.2, 0) is 20.4 Å². The van der Waals surface area contributed by atoms with E-state index in [-0.39, 0.29) is 17.8 Å². The van der Waals surface area contributed by atoms with Gasteiger partial charge in [0.15, 0.2) is 0 Å². The molecule has 164 valence electrons. The van der Waals surface area contributed by atoms with E-state index in [4.69, 9.17) is 0 Å². The minimum atomic E-state index is -1.96. The van der Waals surface area contributed by atoms with Crippen LogP contribution in [0.15, 0.2) is 83.9 Å². The second kappa shape index (κ2) is 8.81. The van der Waals surface area contributed by atoms with Crippen LogP contribution in [0.1, 0.15) is 43.4 Å². The van der Waals surface area contributed by atoms with Gasteiger partial charge in [0.1, 0.15) is 0 Å². The van der Waals surface area contributed by atoms with Crippen molar-refractivity contribution in [1.29, 1.82) is 0 Å². The summed E-state index contributed by atoms with van der Waals surface area (Å²) in [7, 11) is 0. The maximum Gasteiger partial charge on any atom is -0.147 e. The van der Waals surface area contributed by atoms with Gasteiger partial charge < -0.3 is 0 Å². The molecule has 0 spiro atoms. The molecule has 2 aliphatic carbocycles. The fourth-order valence-electron chi connectivity index (χ4n) is 6.13. The Kier molecular flexibility index (Phi) is 6.15. The van der Waals surface area contributed by atoms with E-state index in [1.807, 2.05) is 0 Å². The van der Waals surface area contributed by atoms with Crippen molar-refractivity contribution in [3.05, 3.63) is 106 Å². The molecule has 0 aromatic heterocycles. The van der Waals surface area contributed by atoms with Gasteiger partial charge in [-0.05, 0) is 0 Å². The summed E-state index contributed by atoms with van der Waals surface area (Å²) in [5, 5.41) is 5.60. The van der Waals surface area contributed by atoms with Crippen molar-refractivity contribution < 1.29 is 20.4 Å². The fourth-order valence-corrected chi connectivity index (χ4v) is 26.9. The summed E-state index contributed by atoms with van der Waals surface area (Å²) in [5.74, 6) is 0. The van der Waals surface area contributed by atoms with Crippen LogP contribution in [-0.4, -0.2) is 5.43 Å². The van der Waals surface area contributed by atoms with Crippen molar-refractivity contribution >= 4 is 51.5 Å². The number of benzene rings is 4. The molecule has 0 aliphatic heterocycles. The maximum absolute atomic E-state index is 2.61. The number of hydrogen-bond acceptors (Lipinski definition) is 0. The molecule has 33 heavy (non-hydrogen) atoms. The van der Waals surface area contributed by atoms with Crippen LogP contribution >= 0.6 is 12.4 Å². The smallest absolute Gasteiger partial charge is 0.147 e. The quantitative estimate of drug-likeness (QED) is 0.221. The Balaban J connectivity index is 0.00000228. The van der Waals surface area contributed by atoms with Gasteiger partial charge >= 0.3 is 200 Å². The van der Waals surface area contributed by atoms with Gasteiger partial charge in [0.2, 0.25) is 0 Å². The molecular weight excluding hydrogens is 515 g/mol. The number of rotatable bonds is 2. The van der Waals surface area contributed by atoms with Gasteiger partial charge in [-0.25, -0.2) is 0 Å². The summed E-state index contributed by atoms with van der Waals surface area (Å²) in [6, 6.07) is 27.5. The van der Waals surface area contributed by atoms with Crippen LogP contribution < -0.4 is 0 Å². The average molecular weight is 544 g/mol. The normalized spacial score (nSPS) is 18.4. The first-order chi connectivity index (χ1) is 15.5. The minimum absolute atomic E-state index is 0. The van der Waals surface area contributed by atoms with Crippen LogP contribution in [0.2, 0.25) is 13.1 Å². The molecule has 4 aromatic carbocycles. The van der Waals surface area contributed by atoms with E-state index < -0.39 is 20.4 Å². The van der Waals surface area contributed by atoms with Crippen LogP contribution in [0.4, 0.5) is 0 Å². The maximum atomic E-state index is 2.61. The molecule has 0 nitrogen and oxygen atoms in total. The van der Waals surface area contributed by atoms with Crippen molar-refractivity contribution in [2.75, 3.05) is 0 Å². The van der Waals surface area contributed by atoms with E-state index in [1.165, 1.54) is 32.7 Å². The molecule has 0 heterocycles. The Morgan fingerprint density at radius 1 is 0.606 bits per heavy atom. The third kappa shape index (κ3) is 3.57. The van der Waals surface area contributed by atoms with E-state index in [0.29, 0.717) is 7.25 Å². The monoisotopic (exact) mass is 542 g/mol. The van der Waals surface area contributed by atoms with Crippen molar-refractivity contribution in [1.82, 2.24) is 0 Å². The zero-order valence-corrected chi connectivity index (χ0v) is 23.9. The molecular formula is C30H29ClSiZr. The zero-order valence-electron chi connectivity index (χ0n) is 19.6. The molecule has 0 saturated carbocycles. The Labute approximate surface area is 211 Å². The van der Waals surface area contributed by atoms with Crippen LogP contribution in [0.5, 0.6) is 0 Å². The molecule has 4 aromatic rings. The zero-order chi connectivity index (χ0) is 22.0. The first-order valence-electron chi connectivity index (χ1n) is 11.6. The summed E-state index contributed by atoms with van der Waals surface area (Å²) in [6.07, 6.45) is 5.06. The number of allylic oxidation sites excluding steroid dienone is 2. The summed E-state index contributed by atoms with van der Waals surface area (Å²) < 4.78 is 1.40. The Hall–Kier alpha value is -1.73. The summed E-state index contributed by atoms with van der Waals surface area (Å²) in [6.45, 7) is 10.1. The van der Waals surface area contributed by atoms with E-state index in [1.54, 1.807) is 22.3 Å². The summed E-state index contributed by atoms with van der Waals surface area (Å²) in [5.41, 5.74) is 9.14. The van der Waals surface area contributed by atoms with Gasteiger partial charge in [0.25, 0.3) is 0 Å². The third-order valence-corrected chi connectivity index (χ3v) is 27.4. The number of hydrogen-bond donors (Lipinski definition) is 0. The van der Waals surface area contributed by atoms with Gasteiger partial charge in [0.05, 0.1) is 0 Å². The molecule has 0 fully saturated rings. The van der Waals surface area contributed by atoms with Crippen molar-refractivity contribution in [3.8, 4) is 0 Å². The molecule has 6 rings (SSSR count). The SMILES string of the molecule is CC1=Cc2c(ccc3ccccc23)[CH]1[Zr]([CH]1C(C)=Cc2c1ccc1ccccc21)=[Si](C)C.Cl. The Morgan fingerprint density at radius 3 is 1.45 bits per heavy atom. The molecule has 0 N–H and O–H groups in total. The summed E-state index contributed by atoms with van der Waals surface area (Å²) in [4.78, 5) is 0. The minimum Gasteiger partial charge on any atom is -0.147 e. The van der Waals surface area contributed by atoms with Gasteiger partial charge in [-0.15, -0.1) is 12.4 Å². The number of halogens is 1. The van der Waals surface area contributed by atoms with Gasteiger partial charge in [-0.3, -0.25) is 0 Å². The van der Waals surface area contributed by atoms with Crippen molar-refractivity contribution in [2.24, 2.45) is 0 Å². The second-order valence-electron chi connectivity index (χ2n) is 9.68. The first kappa shape index (κ1) is 23.0. The molecule has 2 unspecified atom stereocenters. The molecule has 0 bridgehead atoms.